The van der Waals surface area contributed by atoms with Crippen LogP contribution in [0.25, 0.3) is 33.4 Å². The van der Waals surface area contributed by atoms with Crippen LogP contribution in [0.3, 0.4) is 0 Å². The van der Waals surface area contributed by atoms with Gasteiger partial charge in [0.1, 0.15) is 22.9 Å². The smallest absolute Gasteiger partial charge is 0.256 e. The molecule has 0 aliphatic carbocycles. The van der Waals surface area contributed by atoms with Crippen molar-refractivity contribution >= 4 is 16.9 Å². The van der Waals surface area contributed by atoms with E-state index in [1.165, 1.54) is 18.3 Å². The number of carbonyl (C=O) groups is 1. The van der Waals surface area contributed by atoms with E-state index in [1.807, 2.05) is 0 Å². The number of likely N-dealkylation sites (N-methyl/N-ethyl adjacent to an activating group) is 1. The second-order valence-corrected chi connectivity index (χ2v) is 8.80. The minimum absolute atomic E-state index is 0.0894. The summed E-state index contributed by atoms with van der Waals surface area (Å²) in [6, 6.07) is 13.5. The van der Waals surface area contributed by atoms with Gasteiger partial charge >= 0.3 is 0 Å². The highest BCUT2D eigenvalue weighted by Crippen LogP contribution is 2.32. The van der Waals surface area contributed by atoms with Gasteiger partial charge in [-0.15, -0.1) is 0 Å². The average Bonchev–Trinajstić information content (AvgIpc) is 3.35. The van der Waals surface area contributed by atoms with E-state index in [0.29, 0.717) is 34.4 Å². The molecule has 5 rings (SSSR count). The molecule has 1 atom stereocenters. The molecule has 3 heterocycles. The van der Waals surface area contributed by atoms with Crippen LogP contribution in [0.2, 0.25) is 0 Å². The number of aromatic nitrogens is 2. The zero-order chi connectivity index (χ0) is 24.5. The Kier molecular flexibility index (Phi) is 6.13. The molecule has 0 radical (unpaired) electrons. The summed E-state index contributed by atoms with van der Waals surface area (Å²) in [7, 11) is 1.71. The first kappa shape index (κ1) is 22.9. The molecule has 178 valence electrons. The van der Waals surface area contributed by atoms with Crippen molar-refractivity contribution in [2.75, 3.05) is 20.1 Å². The number of hydrogen-bond acceptors (Lipinski definition) is 5. The third kappa shape index (κ3) is 4.70. The molecule has 4 aromatic rings. The Morgan fingerprint density at radius 1 is 1.11 bits per heavy atom. The summed E-state index contributed by atoms with van der Waals surface area (Å²) >= 11 is 0. The van der Waals surface area contributed by atoms with Crippen LogP contribution in [0.15, 0.2) is 60.8 Å². The zero-order valence-electron chi connectivity index (χ0n) is 19.1. The molecule has 1 amide bonds. The highest BCUT2D eigenvalue weighted by Gasteiger charge is 2.25. The molecule has 1 aliphatic rings. The first-order valence-electron chi connectivity index (χ1n) is 11.4. The molecule has 2 aromatic carbocycles. The maximum Gasteiger partial charge on any atom is 0.256 e. The predicted octanol–water partition coefficient (Wildman–Crippen LogP) is 4.77. The van der Waals surface area contributed by atoms with Crippen molar-refractivity contribution in [2.45, 2.75) is 18.9 Å². The fraction of sp³-hybridized carbons (Fsp3) is 0.222. The van der Waals surface area contributed by atoms with Gasteiger partial charge in [-0.25, -0.2) is 13.8 Å². The van der Waals surface area contributed by atoms with Crippen molar-refractivity contribution in [1.29, 1.82) is 0 Å². The zero-order valence-corrected chi connectivity index (χ0v) is 19.1. The van der Waals surface area contributed by atoms with Gasteiger partial charge in [0, 0.05) is 43.0 Å². The fourth-order valence-corrected chi connectivity index (χ4v) is 4.55. The van der Waals surface area contributed by atoms with Crippen LogP contribution in [-0.2, 0) is 0 Å². The van der Waals surface area contributed by atoms with Gasteiger partial charge < -0.3 is 15.3 Å². The second-order valence-electron chi connectivity index (χ2n) is 8.80. The monoisotopic (exact) mass is 474 g/mol. The number of pyridine rings is 2. The minimum atomic E-state index is -0.747. The van der Waals surface area contributed by atoms with Gasteiger partial charge in [0.25, 0.3) is 5.91 Å². The number of carbonyl (C=O) groups excluding carboxylic acids is 1. The summed E-state index contributed by atoms with van der Waals surface area (Å²) in [5.74, 6) is -1.72. The molecule has 0 spiro atoms. The van der Waals surface area contributed by atoms with Crippen molar-refractivity contribution in [3.63, 3.8) is 0 Å². The molecule has 1 saturated heterocycles. The van der Waals surface area contributed by atoms with E-state index in [9.17, 15) is 18.7 Å². The molecule has 2 N–H and O–H groups in total. The van der Waals surface area contributed by atoms with Gasteiger partial charge in [0.2, 0.25) is 0 Å². The summed E-state index contributed by atoms with van der Waals surface area (Å²) in [6.45, 7) is 1.40. The normalized spacial score (nSPS) is 15.5. The topological polar surface area (TPSA) is 78.4 Å². The van der Waals surface area contributed by atoms with E-state index < -0.39 is 11.6 Å². The van der Waals surface area contributed by atoms with Gasteiger partial charge in [-0.2, -0.15) is 0 Å². The Balaban J connectivity index is 1.69. The number of phenolic OH excluding ortho intramolecular Hbond substituents is 1. The van der Waals surface area contributed by atoms with Crippen LogP contribution >= 0.6 is 0 Å². The lowest BCUT2D eigenvalue weighted by Gasteiger charge is -2.23. The third-order valence-corrected chi connectivity index (χ3v) is 6.25. The number of halogens is 2. The molecule has 1 aliphatic heterocycles. The van der Waals surface area contributed by atoms with Gasteiger partial charge in [-0.3, -0.25) is 9.78 Å². The summed E-state index contributed by atoms with van der Waals surface area (Å²) in [6.07, 6.45) is 3.48. The predicted molar refractivity (Wildman–Crippen MR) is 130 cm³/mol. The fourth-order valence-electron chi connectivity index (χ4n) is 4.55. The van der Waals surface area contributed by atoms with Crippen molar-refractivity contribution in [1.82, 2.24) is 20.2 Å². The number of nitrogens with zero attached hydrogens (tertiary/aromatic N) is 3. The number of nitrogens with one attached hydrogen (secondary N) is 1. The summed E-state index contributed by atoms with van der Waals surface area (Å²) in [5.41, 5.74) is 2.73. The van der Waals surface area contributed by atoms with E-state index in [2.05, 4.69) is 10.3 Å². The molecule has 1 fully saturated rings. The van der Waals surface area contributed by atoms with Crippen molar-refractivity contribution in [3.8, 4) is 28.1 Å². The molecular formula is C27H24F2N4O2. The Morgan fingerprint density at radius 3 is 2.63 bits per heavy atom. The second kappa shape index (κ2) is 9.38. The van der Waals surface area contributed by atoms with Crippen LogP contribution in [0.1, 0.15) is 23.2 Å². The average molecular weight is 475 g/mol. The van der Waals surface area contributed by atoms with Gasteiger partial charge in [0.05, 0.1) is 16.8 Å². The Hall–Kier alpha value is -3.91. The SMILES string of the molecule is CN(C[C@@H]1CCCN1)C(=O)c1c(-c2cc(F)cc(F)c2)cnc2ccc(-c3cccc(O)c3)nc12. The van der Waals surface area contributed by atoms with Crippen LogP contribution in [0.5, 0.6) is 5.75 Å². The molecule has 6 nitrogen and oxygen atoms in total. The Morgan fingerprint density at radius 2 is 1.91 bits per heavy atom. The standard InChI is InChI=1S/C27H24F2N4O2/c1-33(15-20-5-3-9-30-20)27(35)25-22(17-10-18(28)13-19(29)11-17)14-31-24-8-7-23(32-26(24)25)16-4-2-6-21(34)12-16/h2,4,6-8,10-14,20,30,34H,3,5,9,15H2,1H3/t20-/m0/s1. The van der Waals surface area contributed by atoms with Crippen LogP contribution in [0.4, 0.5) is 8.78 Å². The number of fused-ring (bicyclic) bond motifs is 1. The number of amides is 1. The van der Waals surface area contributed by atoms with E-state index in [-0.39, 0.29) is 28.8 Å². The summed E-state index contributed by atoms with van der Waals surface area (Å²) in [5, 5.41) is 13.3. The molecule has 8 heteroatoms. The van der Waals surface area contributed by atoms with Crippen LogP contribution in [-0.4, -0.2) is 52.1 Å². The minimum Gasteiger partial charge on any atom is -0.508 e. The van der Waals surface area contributed by atoms with E-state index in [0.717, 1.165) is 25.5 Å². The number of aromatic hydroxyl groups is 1. The molecule has 2 aromatic heterocycles. The number of hydrogen-bond donors (Lipinski definition) is 2. The van der Waals surface area contributed by atoms with Crippen molar-refractivity contribution in [2.24, 2.45) is 0 Å². The van der Waals surface area contributed by atoms with E-state index >= 15 is 0 Å². The van der Waals surface area contributed by atoms with Crippen molar-refractivity contribution < 1.29 is 18.7 Å². The number of benzene rings is 2. The lowest BCUT2D eigenvalue weighted by atomic mass is 9.98. The quantitative estimate of drug-likeness (QED) is 0.436. The lowest BCUT2D eigenvalue weighted by Crippen LogP contribution is -2.39. The Bertz CT molecular complexity index is 1400. The largest absolute Gasteiger partial charge is 0.508 e. The van der Waals surface area contributed by atoms with Gasteiger partial charge in [-0.1, -0.05) is 12.1 Å². The maximum atomic E-state index is 14.1. The van der Waals surface area contributed by atoms with Crippen LogP contribution in [0, 0.1) is 11.6 Å². The number of phenols is 1. The lowest BCUT2D eigenvalue weighted by molar-refractivity contribution is 0.0786. The molecule has 0 unspecified atom stereocenters. The molecular weight excluding hydrogens is 450 g/mol. The molecule has 0 bridgehead atoms. The first-order valence-corrected chi connectivity index (χ1v) is 11.4. The first-order chi connectivity index (χ1) is 16.9. The van der Waals surface area contributed by atoms with Gasteiger partial charge in [0.15, 0.2) is 0 Å². The van der Waals surface area contributed by atoms with Crippen LogP contribution < -0.4 is 5.32 Å². The summed E-state index contributed by atoms with van der Waals surface area (Å²) < 4.78 is 28.2. The highest BCUT2D eigenvalue weighted by atomic mass is 19.1. The third-order valence-electron chi connectivity index (χ3n) is 6.25. The Labute approximate surface area is 201 Å². The maximum absolute atomic E-state index is 14.1. The van der Waals surface area contributed by atoms with Crippen molar-refractivity contribution in [3.05, 3.63) is 78.0 Å². The van der Waals surface area contributed by atoms with E-state index in [1.54, 1.807) is 48.3 Å². The highest BCUT2D eigenvalue weighted by molar-refractivity contribution is 6.10. The number of rotatable bonds is 5. The van der Waals surface area contributed by atoms with E-state index in [4.69, 9.17) is 4.98 Å². The summed E-state index contributed by atoms with van der Waals surface area (Å²) in [4.78, 5) is 24.6. The molecule has 35 heavy (non-hydrogen) atoms. The molecule has 0 saturated carbocycles. The van der Waals surface area contributed by atoms with Gasteiger partial charge in [-0.05, 0) is 61.3 Å².